The monoisotopic (exact) mass is 298 g/mol. The summed E-state index contributed by atoms with van der Waals surface area (Å²) < 4.78 is 26.6. The lowest BCUT2D eigenvalue weighted by Crippen LogP contribution is -2.30. The fraction of sp³-hybridized carbons (Fsp3) is 0.462. The normalized spacial score (nSPS) is 23.9. The Balaban J connectivity index is 2.50. The van der Waals surface area contributed by atoms with Gasteiger partial charge in [0.15, 0.2) is 0 Å². The number of hydrogen-bond acceptors (Lipinski definition) is 4. The van der Waals surface area contributed by atoms with E-state index in [1.54, 1.807) is 0 Å². The smallest absolute Gasteiger partial charge is 0.337 e. The molecule has 1 aliphatic rings. The summed E-state index contributed by atoms with van der Waals surface area (Å²) in [6.07, 6.45) is 0. The van der Waals surface area contributed by atoms with E-state index in [1.807, 2.05) is 13.8 Å². The average Bonchev–Trinajstić information content (AvgIpc) is 2.70. The van der Waals surface area contributed by atoms with Crippen molar-refractivity contribution < 1.29 is 18.3 Å². The predicted molar refractivity (Wildman–Crippen MR) is 74.9 cm³/mol. The van der Waals surface area contributed by atoms with Crippen molar-refractivity contribution in [3.8, 4) is 0 Å². The molecule has 0 bridgehead atoms. The van der Waals surface area contributed by atoms with Gasteiger partial charge in [-0.25, -0.2) is 13.2 Å². The first-order valence-corrected chi connectivity index (χ1v) is 7.80. The summed E-state index contributed by atoms with van der Waals surface area (Å²) in [5.41, 5.74) is 5.59. The molecule has 0 amide bonds. The first-order chi connectivity index (χ1) is 9.23. The van der Waals surface area contributed by atoms with Crippen LogP contribution in [0, 0.1) is 11.8 Å². The van der Waals surface area contributed by atoms with Gasteiger partial charge in [-0.1, -0.05) is 13.8 Å². The van der Waals surface area contributed by atoms with Crippen molar-refractivity contribution in [2.24, 2.45) is 11.8 Å². The summed E-state index contributed by atoms with van der Waals surface area (Å²) in [6.45, 7) is 4.77. The standard InChI is InChI=1S/C13H18N2O4S/c1-8-6-15(7-9(8)2)20(18,19)12-5-10(14)3-4-11(12)13(16)17/h3-5,8-9H,6-7,14H2,1-2H3,(H,16,17). The van der Waals surface area contributed by atoms with Crippen LogP contribution < -0.4 is 5.73 Å². The molecule has 1 saturated heterocycles. The van der Waals surface area contributed by atoms with Gasteiger partial charge in [-0.05, 0) is 30.0 Å². The Morgan fingerprint density at radius 2 is 1.85 bits per heavy atom. The van der Waals surface area contributed by atoms with Gasteiger partial charge in [0.1, 0.15) is 0 Å². The molecule has 7 heteroatoms. The minimum Gasteiger partial charge on any atom is -0.478 e. The molecule has 2 rings (SSSR count). The molecule has 1 aromatic carbocycles. The van der Waals surface area contributed by atoms with Gasteiger partial charge in [-0.2, -0.15) is 4.31 Å². The van der Waals surface area contributed by atoms with Crippen molar-refractivity contribution in [1.82, 2.24) is 4.31 Å². The van der Waals surface area contributed by atoms with Crippen molar-refractivity contribution in [2.45, 2.75) is 18.7 Å². The van der Waals surface area contributed by atoms with Crippen LogP contribution in [0.15, 0.2) is 23.1 Å². The molecular weight excluding hydrogens is 280 g/mol. The number of carbonyl (C=O) groups is 1. The van der Waals surface area contributed by atoms with Gasteiger partial charge in [0.2, 0.25) is 10.0 Å². The summed E-state index contributed by atoms with van der Waals surface area (Å²) >= 11 is 0. The van der Waals surface area contributed by atoms with Crippen LogP contribution in [0.1, 0.15) is 24.2 Å². The van der Waals surface area contributed by atoms with Crippen LogP contribution in [0.4, 0.5) is 5.69 Å². The molecule has 0 radical (unpaired) electrons. The number of carboxylic acids is 1. The van der Waals surface area contributed by atoms with E-state index >= 15 is 0 Å². The van der Waals surface area contributed by atoms with Gasteiger partial charge >= 0.3 is 5.97 Å². The van der Waals surface area contributed by atoms with E-state index in [0.717, 1.165) is 0 Å². The van der Waals surface area contributed by atoms with Crippen molar-refractivity contribution >= 4 is 21.7 Å². The highest BCUT2D eigenvalue weighted by Crippen LogP contribution is 2.30. The number of rotatable bonds is 3. The molecule has 1 heterocycles. The molecule has 6 nitrogen and oxygen atoms in total. The molecule has 20 heavy (non-hydrogen) atoms. The highest BCUT2D eigenvalue weighted by Gasteiger charge is 2.36. The molecule has 0 spiro atoms. The minimum absolute atomic E-state index is 0.230. The van der Waals surface area contributed by atoms with Crippen LogP contribution in [0.5, 0.6) is 0 Å². The topological polar surface area (TPSA) is 101 Å². The Morgan fingerprint density at radius 1 is 1.30 bits per heavy atom. The number of sulfonamides is 1. The highest BCUT2D eigenvalue weighted by atomic mass is 32.2. The van der Waals surface area contributed by atoms with Crippen LogP contribution in [-0.2, 0) is 10.0 Å². The molecule has 0 saturated carbocycles. The third kappa shape index (κ3) is 2.51. The van der Waals surface area contributed by atoms with Crippen LogP contribution in [0.3, 0.4) is 0 Å². The predicted octanol–water partition coefficient (Wildman–Crippen LogP) is 1.24. The lowest BCUT2D eigenvalue weighted by atomic mass is 10.0. The van der Waals surface area contributed by atoms with Gasteiger partial charge in [0.05, 0.1) is 10.5 Å². The zero-order valence-corrected chi connectivity index (χ0v) is 12.2. The second-order valence-corrected chi connectivity index (χ2v) is 7.24. The minimum atomic E-state index is -3.83. The third-order valence-electron chi connectivity index (χ3n) is 3.81. The number of carboxylic acid groups (broad SMARTS) is 1. The van der Waals surface area contributed by atoms with E-state index in [0.29, 0.717) is 13.1 Å². The molecule has 1 fully saturated rings. The Kier molecular flexibility index (Phi) is 3.75. The summed E-state index contributed by atoms with van der Waals surface area (Å²) in [7, 11) is -3.83. The number of anilines is 1. The number of nitrogens with zero attached hydrogens (tertiary/aromatic N) is 1. The molecule has 3 N–H and O–H groups in total. The Labute approximate surface area is 118 Å². The van der Waals surface area contributed by atoms with Crippen LogP contribution >= 0.6 is 0 Å². The molecule has 110 valence electrons. The maximum absolute atomic E-state index is 12.6. The number of nitrogen functional groups attached to an aromatic ring is 1. The van der Waals surface area contributed by atoms with Gasteiger partial charge in [0.25, 0.3) is 0 Å². The Morgan fingerprint density at radius 3 is 2.35 bits per heavy atom. The average molecular weight is 298 g/mol. The van der Waals surface area contributed by atoms with E-state index in [9.17, 15) is 13.2 Å². The summed E-state index contributed by atoms with van der Waals surface area (Å²) in [4.78, 5) is 11.0. The number of hydrogen-bond donors (Lipinski definition) is 2. The van der Waals surface area contributed by atoms with Crippen LogP contribution in [-0.4, -0.2) is 36.9 Å². The molecule has 1 aromatic rings. The fourth-order valence-corrected chi connectivity index (χ4v) is 4.20. The van der Waals surface area contributed by atoms with Gasteiger partial charge < -0.3 is 10.8 Å². The van der Waals surface area contributed by atoms with Gasteiger partial charge in [-0.3, -0.25) is 0 Å². The lowest BCUT2D eigenvalue weighted by Gasteiger charge is -2.18. The van der Waals surface area contributed by atoms with E-state index < -0.39 is 16.0 Å². The SMILES string of the molecule is CC1CN(S(=O)(=O)c2cc(N)ccc2C(=O)O)CC1C. The lowest BCUT2D eigenvalue weighted by molar-refractivity contribution is 0.0692. The Bertz CT molecular complexity index is 632. The highest BCUT2D eigenvalue weighted by molar-refractivity contribution is 7.89. The second-order valence-electron chi connectivity index (χ2n) is 5.34. The zero-order chi connectivity index (χ0) is 15.1. The number of nitrogens with two attached hydrogens (primary N) is 1. The molecule has 2 atom stereocenters. The van der Waals surface area contributed by atoms with Gasteiger partial charge in [0, 0.05) is 18.8 Å². The van der Waals surface area contributed by atoms with Crippen LogP contribution in [0.2, 0.25) is 0 Å². The van der Waals surface area contributed by atoms with E-state index in [4.69, 9.17) is 10.8 Å². The molecule has 2 unspecified atom stereocenters. The molecular formula is C13H18N2O4S. The van der Waals surface area contributed by atoms with Crippen molar-refractivity contribution in [3.63, 3.8) is 0 Å². The van der Waals surface area contributed by atoms with Crippen molar-refractivity contribution in [2.75, 3.05) is 18.8 Å². The molecule has 0 aliphatic carbocycles. The molecule has 1 aliphatic heterocycles. The zero-order valence-electron chi connectivity index (χ0n) is 11.4. The maximum atomic E-state index is 12.6. The second kappa shape index (κ2) is 5.06. The summed E-state index contributed by atoms with van der Waals surface area (Å²) in [6, 6.07) is 3.83. The number of benzene rings is 1. The fourth-order valence-electron chi connectivity index (χ4n) is 2.34. The summed E-state index contributed by atoms with van der Waals surface area (Å²) in [5.74, 6) is -0.776. The molecule has 0 aromatic heterocycles. The maximum Gasteiger partial charge on any atom is 0.337 e. The quantitative estimate of drug-likeness (QED) is 0.818. The summed E-state index contributed by atoms with van der Waals surface area (Å²) in [5, 5.41) is 9.14. The number of aromatic carboxylic acids is 1. The van der Waals surface area contributed by atoms with E-state index in [2.05, 4.69) is 0 Å². The largest absolute Gasteiger partial charge is 0.478 e. The first kappa shape index (κ1) is 14.8. The Hall–Kier alpha value is -1.60. The first-order valence-electron chi connectivity index (χ1n) is 6.36. The van der Waals surface area contributed by atoms with Crippen molar-refractivity contribution in [1.29, 1.82) is 0 Å². The third-order valence-corrected chi connectivity index (χ3v) is 5.68. The van der Waals surface area contributed by atoms with Gasteiger partial charge in [-0.15, -0.1) is 0 Å². The van der Waals surface area contributed by atoms with E-state index in [-0.39, 0.29) is 28.0 Å². The van der Waals surface area contributed by atoms with Crippen molar-refractivity contribution in [3.05, 3.63) is 23.8 Å². The van der Waals surface area contributed by atoms with E-state index in [1.165, 1.54) is 22.5 Å². The van der Waals surface area contributed by atoms with Crippen LogP contribution in [0.25, 0.3) is 0 Å².